The maximum Gasteiger partial charge on any atom is 0.175 e. The van der Waals surface area contributed by atoms with E-state index >= 15 is 0 Å². The predicted octanol–water partition coefficient (Wildman–Crippen LogP) is 3.67. The third kappa shape index (κ3) is 4.66. The molecule has 0 spiro atoms. The lowest BCUT2D eigenvalue weighted by Gasteiger charge is -2.14. The maximum absolute atomic E-state index is 12.4. The van der Waals surface area contributed by atoms with E-state index in [1.807, 2.05) is 45.9 Å². The van der Waals surface area contributed by atoms with Crippen molar-refractivity contribution >= 4 is 17.2 Å². The summed E-state index contributed by atoms with van der Waals surface area (Å²) in [6.45, 7) is 7.81. The zero-order chi connectivity index (χ0) is 18.4. The zero-order valence-electron chi connectivity index (χ0n) is 15.2. The van der Waals surface area contributed by atoms with E-state index < -0.39 is 0 Å². The second-order valence-electron chi connectivity index (χ2n) is 6.07. The first kappa shape index (κ1) is 18.6. The quantitative estimate of drug-likeness (QED) is 0.755. The number of hydrogen-bond acceptors (Lipinski definition) is 5. The van der Waals surface area contributed by atoms with Gasteiger partial charge < -0.3 is 10.4 Å². The van der Waals surface area contributed by atoms with Crippen LogP contribution < -0.4 is 5.32 Å². The fraction of sp³-hybridized carbons (Fsp3) is 0.350. The summed E-state index contributed by atoms with van der Waals surface area (Å²) >= 11 is 0. The normalized spacial score (nSPS) is 12.7. The number of benzene rings is 1. The van der Waals surface area contributed by atoms with E-state index in [-0.39, 0.29) is 24.1 Å². The number of carbonyl (C=O) groups is 1. The van der Waals surface area contributed by atoms with Gasteiger partial charge in [0.25, 0.3) is 0 Å². The van der Waals surface area contributed by atoms with Crippen LogP contribution in [-0.2, 0) is 4.79 Å². The molecule has 0 aliphatic carbocycles. The first-order valence-electron chi connectivity index (χ1n) is 8.46. The highest BCUT2D eigenvalue weighted by Gasteiger charge is 2.14. The highest BCUT2D eigenvalue weighted by molar-refractivity contribution is 6.03. The van der Waals surface area contributed by atoms with Crippen LogP contribution >= 0.6 is 0 Å². The largest absolute Gasteiger partial charge is 0.508 e. The topological polar surface area (TPSA) is 74.6 Å². The highest BCUT2D eigenvalue weighted by atomic mass is 16.3. The predicted molar refractivity (Wildman–Crippen MR) is 102 cm³/mol. The second-order valence-corrected chi connectivity index (χ2v) is 6.07. The standard InChI is InChI=1S/C20H25N3O2/c1-5-18(17-8-9-19(24)14(3)13(17)2)22-12-20(25)15(4)23-16-7-6-10-21-11-16/h6-11,15,23-24H,5,12H2,1-4H3. The molecule has 1 aromatic carbocycles. The van der Waals surface area contributed by atoms with Crippen LogP contribution in [0.3, 0.4) is 0 Å². The number of pyridine rings is 1. The average molecular weight is 339 g/mol. The fourth-order valence-electron chi connectivity index (χ4n) is 2.60. The minimum Gasteiger partial charge on any atom is -0.508 e. The van der Waals surface area contributed by atoms with Crippen LogP contribution in [0, 0.1) is 13.8 Å². The molecule has 132 valence electrons. The van der Waals surface area contributed by atoms with Crippen LogP contribution in [-0.4, -0.2) is 34.2 Å². The van der Waals surface area contributed by atoms with Crippen LogP contribution in [0.5, 0.6) is 5.75 Å². The second kappa shape index (κ2) is 8.42. The SMILES string of the molecule is CCC(=NCC(=O)C(C)Nc1cccnc1)c1ccc(O)c(C)c1C. The molecule has 1 aromatic heterocycles. The summed E-state index contributed by atoms with van der Waals surface area (Å²) in [5.41, 5.74) is 4.51. The number of ketones is 1. The number of hydrogen-bond donors (Lipinski definition) is 2. The number of aliphatic imine (C=N–C) groups is 1. The summed E-state index contributed by atoms with van der Waals surface area (Å²) in [5, 5.41) is 12.9. The maximum atomic E-state index is 12.4. The van der Waals surface area contributed by atoms with Crippen molar-refractivity contribution in [1.29, 1.82) is 0 Å². The summed E-state index contributed by atoms with van der Waals surface area (Å²) in [6, 6.07) is 6.90. The molecular weight excluding hydrogens is 314 g/mol. The molecule has 1 unspecified atom stereocenters. The Hall–Kier alpha value is -2.69. The highest BCUT2D eigenvalue weighted by Crippen LogP contribution is 2.24. The Balaban J connectivity index is 2.10. The Bertz CT molecular complexity index is 770. The molecule has 2 N–H and O–H groups in total. The molecule has 2 rings (SSSR count). The first-order chi connectivity index (χ1) is 11.9. The van der Waals surface area contributed by atoms with Crippen molar-refractivity contribution in [2.75, 3.05) is 11.9 Å². The molecule has 1 heterocycles. The van der Waals surface area contributed by atoms with E-state index in [2.05, 4.69) is 15.3 Å². The molecular formula is C20H25N3O2. The lowest BCUT2D eigenvalue weighted by molar-refractivity contribution is -0.118. The number of nitrogens with zero attached hydrogens (tertiary/aromatic N) is 2. The Labute approximate surface area is 148 Å². The van der Waals surface area contributed by atoms with Crippen LogP contribution in [0.15, 0.2) is 41.7 Å². The Morgan fingerprint density at radius 1 is 1.28 bits per heavy atom. The lowest BCUT2D eigenvalue weighted by atomic mass is 9.97. The molecule has 0 radical (unpaired) electrons. The van der Waals surface area contributed by atoms with E-state index in [0.717, 1.165) is 34.5 Å². The van der Waals surface area contributed by atoms with E-state index in [4.69, 9.17) is 0 Å². The number of rotatable bonds is 7. The van der Waals surface area contributed by atoms with Gasteiger partial charge in [-0.1, -0.05) is 6.92 Å². The summed E-state index contributed by atoms with van der Waals surface area (Å²) in [4.78, 5) is 20.9. The fourth-order valence-corrected chi connectivity index (χ4v) is 2.60. The van der Waals surface area contributed by atoms with Crippen molar-refractivity contribution < 1.29 is 9.90 Å². The van der Waals surface area contributed by atoms with Gasteiger partial charge >= 0.3 is 0 Å². The van der Waals surface area contributed by atoms with Gasteiger partial charge in [-0.25, -0.2) is 0 Å². The van der Waals surface area contributed by atoms with E-state index in [1.165, 1.54) is 0 Å². The number of phenols is 1. The molecule has 0 fully saturated rings. The van der Waals surface area contributed by atoms with Gasteiger partial charge in [-0.3, -0.25) is 14.8 Å². The monoisotopic (exact) mass is 339 g/mol. The van der Waals surface area contributed by atoms with Crippen LogP contribution in [0.4, 0.5) is 5.69 Å². The van der Waals surface area contributed by atoms with Gasteiger partial charge in [0.15, 0.2) is 5.78 Å². The summed E-state index contributed by atoms with van der Waals surface area (Å²) in [5.74, 6) is 0.296. The molecule has 2 aromatic rings. The minimum absolute atomic E-state index is 0.0166. The van der Waals surface area contributed by atoms with E-state index in [9.17, 15) is 9.90 Å². The number of phenolic OH excluding ortho intramolecular Hbond substituents is 1. The average Bonchev–Trinajstić information content (AvgIpc) is 2.62. The van der Waals surface area contributed by atoms with E-state index in [1.54, 1.807) is 18.5 Å². The summed E-state index contributed by atoms with van der Waals surface area (Å²) in [6.07, 6.45) is 4.10. The van der Waals surface area contributed by atoms with Crippen molar-refractivity contribution in [3.8, 4) is 5.75 Å². The van der Waals surface area contributed by atoms with Gasteiger partial charge in [-0.15, -0.1) is 0 Å². The van der Waals surface area contributed by atoms with Gasteiger partial charge in [0, 0.05) is 18.1 Å². The van der Waals surface area contributed by atoms with Crippen LogP contribution in [0.1, 0.15) is 37.0 Å². The Morgan fingerprint density at radius 2 is 2.04 bits per heavy atom. The Kier molecular flexibility index (Phi) is 6.28. The molecule has 5 nitrogen and oxygen atoms in total. The number of nitrogens with one attached hydrogen (secondary N) is 1. The van der Waals surface area contributed by atoms with Gasteiger partial charge in [0.1, 0.15) is 5.75 Å². The van der Waals surface area contributed by atoms with E-state index in [0.29, 0.717) is 0 Å². The van der Waals surface area contributed by atoms with Crippen molar-refractivity contribution in [3.63, 3.8) is 0 Å². The number of carbonyl (C=O) groups excluding carboxylic acids is 1. The molecule has 0 bridgehead atoms. The molecule has 0 aliphatic heterocycles. The molecule has 1 atom stereocenters. The van der Waals surface area contributed by atoms with Crippen LogP contribution in [0.25, 0.3) is 0 Å². The molecule has 0 saturated heterocycles. The smallest absolute Gasteiger partial charge is 0.175 e. The molecule has 0 saturated carbocycles. The number of aromatic hydroxyl groups is 1. The lowest BCUT2D eigenvalue weighted by Crippen LogP contribution is -2.28. The van der Waals surface area contributed by atoms with Gasteiger partial charge in [0.2, 0.25) is 0 Å². The van der Waals surface area contributed by atoms with Crippen molar-refractivity contribution in [1.82, 2.24) is 4.98 Å². The first-order valence-corrected chi connectivity index (χ1v) is 8.46. The number of Topliss-reactive ketones (excluding diaryl/α,β-unsaturated/α-hetero) is 1. The van der Waals surface area contributed by atoms with Gasteiger partial charge in [-0.05, 0) is 68.1 Å². The van der Waals surface area contributed by atoms with Crippen molar-refractivity contribution in [3.05, 3.63) is 53.3 Å². The van der Waals surface area contributed by atoms with Crippen molar-refractivity contribution in [2.24, 2.45) is 4.99 Å². The van der Waals surface area contributed by atoms with Gasteiger partial charge in [0.05, 0.1) is 18.3 Å². The molecule has 5 heteroatoms. The molecule has 0 aliphatic rings. The number of aromatic nitrogens is 1. The van der Waals surface area contributed by atoms with Crippen LogP contribution in [0.2, 0.25) is 0 Å². The Morgan fingerprint density at radius 3 is 2.68 bits per heavy atom. The van der Waals surface area contributed by atoms with Crippen molar-refractivity contribution in [2.45, 2.75) is 40.2 Å². The number of anilines is 1. The summed E-state index contributed by atoms with van der Waals surface area (Å²) < 4.78 is 0. The third-order valence-corrected chi connectivity index (χ3v) is 4.36. The summed E-state index contributed by atoms with van der Waals surface area (Å²) in [7, 11) is 0. The molecule has 0 amide bonds. The van der Waals surface area contributed by atoms with Gasteiger partial charge in [-0.2, -0.15) is 0 Å². The zero-order valence-corrected chi connectivity index (χ0v) is 15.2. The molecule has 25 heavy (non-hydrogen) atoms. The minimum atomic E-state index is -0.339. The third-order valence-electron chi connectivity index (χ3n) is 4.36.